The van der Waals surface area contributed by atoms with Crippen LogP contribution in [0, 0.1) is 0 Å². The molecule has 0 saturated carbocycles. The average molecular weight is 221 g/mol. The van der Waals surface area contributed by atoms with E-state index in [2.05, 4.69) is 0 Å². The van der Waals surface area contributed by atoms with Gasteiger partial charge in [0.15, 0.2) is 5.78 Å². The fourth-order valence-electron chi connectivity index (χ4n) is 1.75. The normalized spacial score (nSPS) is 14.9. The van der Waals surface area contributed by atoms with Crippen LogP contribution in [0.4, 0.5) is 0 Å². The van der Waals surface area contributed by atoms with E-state index in [1.165, 1.54) is 6.08 Å². The summed E-state index contributed by atoms with van der Waals surface area (Å²) in [5, 5.41) is 0.00778. The highest BCUT2D eigenvalue weighted by Crippen LogP contribution is 2.26. The van der Waals surface area contributed by atoms with Gasteiger partial charge in [-0.15, -0.1) is 0 Å². The lowest BCUT2D eigenvalue weighted by Gasteiger charge is -2.14. The van der Waals surface area contributed by atoms with Gasteiger partial charge in [-0.05, 0) is 12.0 Å². The third kappa shape index (κ3) is 1.51. The molecule has 0 spiro atoms. The van der Waals surface area contributed by atoms with Crippen LogP contribution in [0.25, 0.3) is 0 Å². The first-order valence-corrected chi connectivity index (χ1v) is 5.11. The van der Waals surface area contributed by atoms with Crippen LogP contribution in [-0.2, 0) is 6.42 Å². The van der Waals surface area contributed by atoms with Crippen LogP contribution in [0.5, 0.6) is 0 Å². The lowest BCUT2D eigenvalue weighted by Crippen LogP contribution is -2.16. The highest BCUT2D eigenvalue weighted by Gasteiger charge is 2.26. The molecule has 0 aliphatic heterocycles. The monoisotopic (exact) mass is 220 g/mol. The maximum absolute atomic E-state index is 11.8. The molecule has 1 aromatic rings. The molecule has 0 amide bonds. The number of ketones is 2. The predicted octanol–water partition coefficient (Wildman–Crippen LogP) is 2.75. The van der Waals surface area contributed by atoms with Gasteiger partial charge >= 0.3 is 0 Å². The van der Waals surface area contributed by atoms with Crippen LogP contribution in [0.15, 0.2) is 29.3 Å². The van der Waals surface area contributed by atoms with E-state index in [0.29, 0.717) is 17.5 Å². The van der Waals surface area contributed by atoms with E-state index in [4.69, 9.17) is 11.6 Å². The van der Waals surface area contributed by atoms with Gasteiger partial charge in [-0.1, -0.05) is 36.7 Å². The van der Waals surface area contributed by atoms with Gasteiger partial charge in [-0.25, -0.2) is 0 Å². The van der Waals surface area contributed by atoms with Crippen LogP contribution < -0.4 is 0 Å². The Hall–Kier alpha value is -1.41. The Labute approximate surface area is 92.6 Å². The maximum Gasteiger partial charge on any atom is 0.205 e. The van der Waals surface area contributed by atoms with Crippen molar-refractivity contribution in [2.24, 2.45) is 0 Å². The zero-order chi connectivity index (χ0) is 11.0. The number of hydrogen-bond donors (Lipinski definition) is 0. The van der Waals surface area contributed by atoms with Gasteiger partial charge in [0.25, 0.3) is 0 Å². The lowest BCUT2D eigenvalue weighted by molar-refractivity contribution is 0.0990. The lowest BCUT2D eigenvalue weighted by atomic mass is 9.89. The van der Waals surface area contributed by atoms with E-state index in [9.17, 15) is 9.59 Å². The number of carbonyl (C=O) groups excluding carboxylic acids is 2. The molecule has 1 aromatic carbocycles. The zero-order valence-electron chi connectivity index (χ0n) is 8.21. The molecule has 2 nitrogen and oxygen atoms in total. The summed E-state index contributed by atoms with van der Waals surface area (Å²) in [4.78, 5) is 23.4. The van der Waals surface area contributed by atoms with Crippen molar-refractivity contribution >= 4 is 23.2 Å². The smallest absolute Gasteiger partial charge is 0.205 e. The number of Topliss-reactive ketones (excluding diaryl/α,β-unsaturated/α-hetero) is 1. The van der Waals surface area contributed by atoms with Gasteiger partial charge in [-0.2, -0.15) is 0 Å². The van der Waals surface area contributed by atoms with Crippen molar-refractivity contribution < 1.29 is 9.59 Å². The van der Waals surface area contributed by atoms with E-state index in [1.807, 2.05) is 13.0 Å². The largest absolute Gasteiger partial charge is 0.289 e. The second kappa shape index (κ2) is 3.63. The van der Waals surface area contributed by atoms with Gasteiger partial charge in [0.2, 0.25) is 5.78 Å². The number of halogens is 1. The topological polar surface area (TPSA) is 34.1 Å². The second-order valence-electron chi connectivity index (χ2n) is 3.38. The summed E-state index contributed by atoms with van der Waals surface area (Å²) in [5.74, 6) is -0.436. The molecule has 0 unspecified atom stereocenters. The minimum Gasteiger partial charge on any atom is -0.289 e. The van der Waals surface area contributed by atoms with Gasteiger partial charge in [0.05, 0.1) is 5.03 Å². The number of allylic oxidation sites excluding steroid dienone is 2. The van der Waals surface area contributed by atoms with Crippen molar-refractivity contribution in [2.45, 2.75) is 13.3 Å². The maximum atomic E-state index is 11.8. The standard InChI is InChI=1S/C12H9ClO2/c1-2-7-4-3-5-8-10(14)6-9(13)12(15)11(7)8/h3-6H,2H2,1H3. The summed E-state index contributed by atoms with van der Waals surface area (Å²) in [7, 11) is 0. The molecule has 76 valence electrons. The number of hydrogen-bond acceptors (Lipinski definition) is 2. The predicted molar refractivity (Wildman–Crippen MR) is 58.4 cm³/mol. The second-order valence-corrected chi connectivity index (χ2v) is 3.79. The summed E-state index contributed by atoms with van der Waals surface area (Å²) in [6, 6.07) is 5.30. The highest BCUT2D eigenvalue weighted by molar-refractivity contribution is 6.49. The van der Waals surface area contributed by atoms with Crippen LogP contribution in [0.3, 0.4) is 0 Å². The van der Waals surface area contributed by atoms with E-state index in [1.54, 1.807) is 12.1 Å². The van der Waals surface area contributed by atoms with Crippen LogP contribution >= 0.6 is 11.6 Å². The molecule has 0 saturated heterocycles. The molecule has 0 radical (unpaired) electrons. The van der Waals surface area contributed by atoms with Crippen LogP contribution in [0.2, 0.25) is 0 Å². The van der Waals surface area contributed by atoms with Crippen molar-refractivity contribution in [3.8, 4) is 0 Å². The summed E-state index contributed by atoms with van der Waals surface area (Å²) in [6.45, 7) is 1.94. The molecule has 0 bridgehead atoms. The Kier molecular flexibility index (Phi) is 2.45. The van der Waals surface area contributed by atoms with Crippen LogP contribution in [0.1, 0.15) is 33.2 Å². The van der Waals surface area contributed by atoms with Gasteiger partial charge in [0, 0.05) is 17.2 Å². The Bertz CT molecular complexity index is 486. The highest BCUT2D eigenvalue weighted by atomic mass is 35.5. The van der Waals surface area contributed by atoms with Gasteiger partial charge in [0.1, 0.15) is 0 Å². The Morgan fingerprint density at radius 1 is 1.27 bits per heavy atom. The van der Waals surface area contributed by atoms with E-state index >= 15 is 0 Å². The van der Waals surface area contributed by atoms with E-state index < -0.39 is 0 Å². The molecule has 3 heteroatoms. The summed E-state index contributed by atoms with van der Waals surface area (Å²) in [6.07, 6.45) is 1.90. The molecule has 0 heterocycles. The van der Waals surface area contributed by atoms with E-state index in [-0.39, 0.29) is 16.6 Å². The molecule has 1 aliphatic carbocycles. The SMILES string of the molecule is CCc1cccc2c1C(=O)C(Cl)=CC2=O. The first-order valence-electron chi connectivity index (χ1n) is 4.73. The number of rotatable bonds is 1. The van der Waals surface area contributed by atoms with Crippen LogP contribution in [-0.4, -0.2) is 11.6 Å². The average Bonchev–Trinajstić information content (AvgIpc) is 2.25. The summed E-state index contributed by atoms with van der Waals surface area (Å²) in [5.41, 5.74) is 1.80. The molecule has 15 heavy (non-hydrogen) atoms. The molecule has 0 aromatic heterocycles. The molecule has 2 rings (SSSR count). The number of fused-ring (bicyclic) bond motifs is 1. The molecule has 0 fully saturated rings. The fraction of sp³-hybridized carbons (Fsp3) is 0.167. The molecular formula is C12H9ClO2. The molecule has 0 atom stereocenters. The van der Waals surface area contributed by atoms with Crippen molar-refractivity contribution in [2.75, 3.05) is 0 Å². The Morgan fingerprint density at radius 2 is 2.00 bits per heavy atom. The van der Waals surface area contributed by atoms with Gasteiger partial charge < -0.3 is 0 Å². The third-order valence-electron chi connectivity index (χ3n) is 2.50. The minimum atomic E-state index is -0.247. The molecular weight excluding hydrogens is 212 g/mol. The van der Waals surface area contributed by atoms with Crippen molar-refractivity contribution in [1.29, 1.82) is 0 Å². The quantitative estimate of drug-likeness (QED) is 0.729. The van der Waals surface area contributed by atoms with Gasteiger partial charge in [-0.3, -0.25) is 9.59 Å². The summed E-state index contributed by atoms with van der Waals surface area (Å²) < 4.78 is 0. The zero-order valence-corrected chi connectivity index (χ0v) is 8.97. The molecule has 0 N–H and O–H groups in total. The van der Waals surface area contributed by atoms with Crippen molar-refractivity contribution in [3.05, 3.63) is 46.0 Å². The van der Waals surface area contributed by atoms with E-state index in [0.717, 1.165) is 5.56 Å². The third-order valence-corrected chi connectivity index (χ3v) is 2.78. The fourth-order valence-corrected chi connectivity index (χ4v) is 1.94. The summed E-state index contributed by atoms with van der Waals surface area (Å²) >= 11 is 5.71. The Balaban J connectivity index is 2.72. The Morgan fingerprint density at radius 3 is 2.67 bits per heavy atom. The number of carbonyl (C=O) groups is 2. The first kappa shape index (κ1) is 10.1. The number of benzene rings is 1. The first-order chi connectivity index (χ1) is 7.15. The molecule has 1 aliphatic rings. The minimum absolute atomic E-state index is 0.00778. The van der Waals surface area contributed by atoms with Crippen molar-refractivity contribution in [1.82, 2.24) is 0 Å². The number of aryl methyl sites for hydroxylation is 1. The van der Waals surface area contributed by atoms with Crippen molar-refractivity contribution in [3.63, 3.8) is 0 Å².